The van der Waals surface area contributed by atoms with Crippen LogP contribution in [0.2, 0.25) is 0 Å². The Morgan fingerprint density at radius 2 is 2.11 bits per heavy atom. The maximum atomic E-state index is 5.61. The van der Waals surface area contributed by atoms with E-state index < -0.39 is 0 Å². The summed E-state index contributed by atoms with van der Waals surface area (Å²) in [5, 5.41) is 3.77. The van der Waals surface area contributed by atoms with Crippen LogP contribution in [0.1, 0.15) is 47.5 Å². The summed E-state index contributed by atoms with van der Waals surface area (Å²) in [6.45, 7) is 15.8. The first kappa shape index (κ1) is 14.3. The first-order valence-electron chi connectivity index (χ1n) is 7.44. The second-order valence-electron chi connectivity index (χ2n) is 7.37. The van der Waals surface area contributed by atoms with Gasteiger partial charge in [0, 0.05) is 37.3 Å². The Labute approximate surface area is 112 Å². The van der Waals surface area contributed by atoms with E-state index in [2.05, 4.69) is 44.8 Å². The van der Waals surface area contributed by atoms with Gasteiger partial charge in [-0.05, 0) is 25.2 Å². The lowest BCUT2D eigenvalue weighted by Gasteiger charge is -2.52. The highest BCUT2D eigenvalue weighted by molar-refractivity contribution is 5.00. The van der Waals surface area contributed by atoms with Crippen LogP contribution >= 0.6 is 0 Å². The number of nitrogens with one attached hydrogen (secondary N) is 1. The van der Waals surface area contributed by atoms with Crippen LogP contribution in [-0.4, -0.2) is 48.8 Å². The topological polar surface area (TPSA) is 24.5 Å². The Kier molecular flexibility index (Phi) is 4.05. The van der Waals surface area contributed by atoms with Crippen molar-refractivity contribution in [3.05, 3.63) is 0 Å². The minimum Gasteiger partial charge on any atom is -0.380 e. The Morgan fingerprint density at radius 1 is 1.39 bits per heavy atom. The Bertz CT molecular complexity index is 281. The van der Waals surface area contributed by atoms with Gasteiger partial charge in [-0.3, -0.25) is 4.90 Å². The molecule has 3 nitrogen and oxygen atoms in total. The summed E-state index contributed by atoms with van der Waals surface area (Å²) in [7, 11) is 0. The summed E-state index contributed by atoms with van der Waals surface area (Å²) < 4.78 is 5.61. The van der Waals surface area contributed by atoms with Gasteiger partial charge in [0.2, 0.25) is 0 Å². The van der Waals surface area contributed by atoms with Gasteiger partial charge >= 0.3 is 0 Å². The van der Waals surface area contributed by atoms with Gasteiger partial charge in [-0.1, -0.05) is 27.7 Å². The van der Waals surface area contributed by atoms with E-state index in [9.17, 15) is 0 Å². The van der Waals surface area contributed by atoms with Crippen LogP contribution in [-0.2, 0) is 4.74 Å². The van der Waals surface area contributed by atoms with Gasteiger partial charge < -0.3 is 10.1 Å². The number of rotatable bonds is 2. The first-order chi connectivity index (χ1) is 8.36. The first-order valence-corrected chi connectivity index (χ1v) is 7.44. The zero-order chi connectivity index (χ0) is 13.4. The molecular weight excluding hydrogens is 224 g/mol. The molecule has 0 saturated carbocycles. The Hall–Kier alpha value is -0.120. The van der Waals surface area contributed by atoms with Crippen LogP contribution in [0.3, 0.4) is 0 Å². The summed E-state index contributed by atoms with van der Waals surface area (Å²) in [4.78, 5) is 2.73. The maximum Gasteiger partial charge on any atom is 0.0622 e. The van der Waals surface area contributed by atoms with E-state index in [4.69, 9.17) is 4.74 Å². The molecule has 2 aliphatic heterocycles. The zero-order valence-corrected chi connectivity index (χ0v) is 12.8. The van der Waals surface area contributed by atoms with Crippen molar-refractivity contribution < 1.29 is 4.74 Å². The predicted molar refractivity (Wildman–Crippen MR) is 75.9 cm³/mol. The monoisotopic (exact) mass is 254 g/mol. The van der Waals surface area contributed by atoms with Crippen molar-refractivity contribution in [1.82, 2.24) is 10.2 Å². The van der Waals surface area contributed by atoms with Gasteiger partial charge in [0.1, 0.15) is 0 Å². The van der Waals surface area contributed by atoms with Crippen LogP contribution in [0.15, 0.2) is 0 Å². The number of nitrogens with zero attached hydrogens (tertiary/aromatic N) is 1. The molecule has 3 heteroatoms. The largest absolute Gasteiger partial charge is 0.380 e. The molecule has 0 aromatic carbocycles. The molecule has 2 heterocycles. The summed E-state index contributed by atoms with van der Waals surface area (Å²) >= 11 is 0. The molecule has 3 atom stereocenters. The molecule has 1 N–H and O–H groups in total. The number of piperazine rings is 1. The van der Waals surface area contributed by atoms with E-state index in [1.807, 2.05) is 0 Å². The van der Waals surface area contributed by atoms with Crippen LogP contribution in [0, 0.1) is 5.41 Å². The van der Waals surface area contributed by atoms with Crippen molar-refractivity contribution in [3.8, 4) is 0 Å². The van der Waals surface area contributed by atoms with Gasteiger partial charge in [0.15, 0.2) is 0 Å². The highest BCUT2D eigenvalue weighted by Crippen LogP contribution is 2.33. The molecular formula is C15H30N2O. The van der Waals surface area contributed by atoms with Crippen LogP contribution in [0.25, 0.3) is 0 Å². The minimum absolute atomic E-state index is 0.268. The second kappa shape index (κ2) is 5.10. The second-order valence-corrected chi connectivity index (χ2v) is 7.37. The zero-order valence-electron chi connectivity index (χ0n) is 12.8. The molecule has 2 rings (SSSR count). The molecule has 2 aliphatic rings. The third-order valence-corrected chi connectivity index (χ3v) is 4.81. The summed E-state index contributed by atoms with van der Waals surface area (Å²) in [6.07, 6.45) is 2.39. The van der Waals surface area contributed by atoms with Crippen molar-refractivity contribution in [2.24, 2.45) is 5.41 Å². The fourth-order valence-electron chi connectivity index (χ4n) is 3.24. The fourth-order valence-corrected chi connectivity index (χ4v) is 3.24. The van der Waals surface area contributed by atoms with Gasteiger partial charge in [-0.25, -0.2) is 0 Å². The summed E-state index contributed by atoms with van der Waals surface area (Å²) in [5.74, 6) is 0. The van der Waals surface area contributed by atoms with Crippen molar-refractivity contribution in [3.63, 3.8) is 0 Å². The predicted octanol–water partition coefficient (Wildman–Crippen LogP) is 2.26. The number of hydrogen-bond acceptors (Lipinski definition) is 3. The van der Waals surface area contributed by atoms with Crippen molar-refractivity contribution in [2.75, 3.05) is 26.3 Å². The highest BCUT2D eigenvalue weighted by atomic mass is 16.5. The molecule has 0 aromatic rings. The van der Waals surface area contributed by atoms with E-state index in [-0.39, 0.29) is 5.54 Å². The van der Waals surface area contributed by atoms with Gasteiger partial charge in [-0.2, -0.15) is 0 Å². The average molecular weight is 254 g/mol. The van der Waals surface area contributed by atoms with Crippen LogP contribution in [0.5, 0.6) is 0 Å². The molecule has 0 bridgehead atoms. The van der Waals surface area contributed by atoms with Crippen molar-refractivity contribution in [1.29, 1.82) is 0 Å². The highest BCUT2D eigenvalue weighted by Gasteiger charge is 2.43. The molecule has 0 spiro atoms. The Balaban J connectivity index is 2.15. The summed E-state index contributed by atoms with van der Waals surface area (Å²) in [6, 6.07) is 1.24. The standard InChI is InChI=1S/C15H30N2O/c1-6-15(5)11-17(12-7-8-18-10-12)13(9-16-15)14(2,3)4/h12-13,16H,6-11H2,1-5H3. The summed E-state index contributed by atoms with van der Waals surface area (Å²) in [5.41, 5.74) is 0.592. The third kappa shape index (κ3) is 2.89. The average Bonchev–Trinajstić information content (AvgIpc) is 2.80. The normalized spacial score (nSPS) is 39.2. The van der Waals surface area contributed by atoms with Crippen molar-refractivity contribution in [2.45, 2.75) is 65.1 Å². The van der Waals surface area contributed by atoms with E-state index in [0.717, 1.165) is 26.3 Å². The van der Waals surface area contributed by atoms with E-state index in [1.54, 1.807) is 0 Å². The van der Waals surface area contributed by atoms with Gasteiger partial charge in [0.05, 0.1) is 6.61 Å². The lowest BCUT2D eigenvalue weighted by molar-refractivity contribution is -0.00737. The molecule has 2 fully saturated rings. The maximum absolute atomic E-state index is 5.61. The number of hydrogen-bond donors (Lipinski definition) is 1. The van der Waals surface area contributed by atoms with Gasteiger partial charge in [-0.15, -0.1) is 0 Å². The lowest BCUT2D eigenvalue weighted by atomic mass is 9.80. The molecule has 2 saturated heterocycles. The SMILES string of the molecule is CCC1(C)CN(C2CCOC2)C(C(C)(C)C)CN1. The lowest BCUT2D eigenvalue weighted by Crippen LogP contribution is -2.67. The minimum atomic E-state index is 0.268. The van der Waals surface area contributed by atoms with E-state index in [0.29, 0.717) is 17.5 Å². The van der Waals surface area contributed by atoms with Crippen LogP contribution < -0.4 is 5.32 Å². The molecule has 3 unspecified atom stereocenters. The molecule has 0 radical (unpaired) electrons. The van der Waals surface area contributed by atoms with Crippen LogP contribution in [0.4, 0.5) is 0 Å². The fraction of sp³-hybridized carbons (Fsp3) is 1.00. The van der Waals surface area contributed by atoms with E-state index in [1.165, 1.54) is 12.8 Å². The quantitative estimate of drug-likeness (QED) is 0.818. The molecule has 0 amide bonds. The molecule has 0 aliphatic carbocycles. The molecule has 0 aromatic heterocycles. The van der Waals surface area contributed by atoms with Crippen molar-refractivity contribution >= 4 is 0 Å². The molecule has 18 heavy (non-hydrogen) atoms. The molecule has 106 valence electrons. The van der Waals surface area contributed by atoms with Gasteiger partial charge in [0.25, 0.3) is 0 Å². The van der Waals surface area contributed by atoms with E-state index >= 15 is 0 Å². The smallest absolute Gasteiger partial charge is 0.0622 e. The third-order valence-electron chi connectivity index (χ3n) is 4.81. The number of ether oxygens (including phenoxy) is 1. The Morgan fingerprint density at radius 3 is 2.61 bits per heavy atom.